The molecule has 0 saturated carbocycles. The van der Waals surface area contributed by atoms with Gasteiger partial charge in [-0.1, -0.05) is 48.5 Å². The Morgan fingerprint density at radius 2 is 1.76 bits per heavy atom. The van der Waals surface area contributed by atoms with Crippen LogP contribution in [-0.4, -0.2) is 42.9 Å². The Hall–Kier alpha value is -2.85. The normalized spacial score (nSPS) is 22.8. The van der Waals surface area contributed by atoms with Crippen LogP contribution in [0.3, 0.4) is 0 Å². The van der Waals surface area contributed by atoms with E-state index in [1.807, 2.05) is 12.1 Å². The number of phenols is 1. The molecule has 3 aromatic rings. The molecule has 3 nitrogen and oxygen atoms in total. The van der Waals surface area contributed by atoms with Gasteiger partial charge in [0.1, 0.15) is 18.1 Å². The van der Waals surface area contributed by atoms with E-state index < -0.39 is 0 Å². The van der Waals surface area contributed by atoms with Gasteiger partial charge in [-0.3, -0.25) is 9.29 Å². The second-order valence-corrected chi connectivity index (χ2v) is 9.44. The number of phenolic OH excluding ortho intramolecular Hbond substituents is 1. The number of aryl methyl sites for hydroxylation is 1. The Kier molecular flexibility index (Phi) is 6.63. The maximum atomic E-state index is 12.8. The van der Waals surface area contributed by atoms with Gasteiger partial charge in [0.2, 0.25) is 0 Å². The lowest BCUT2D eigenvalue weighted by molar-refractivity contribution is 0.228. The Bertz CT molecular complexity index is 1050. The van der Waals surface area contributed by atoms with Crippen molar-refractivity contribution in [2.75, 3.05) is 32.9 Å². The second kappa shape index (κ2) is 9.96. The zero-order valence-electron chi connectivity index (χ0n) is 19.0. The van der Waals surface area contributed by atoms with Gasteiger partial charge in [-0.2, -0.15) is 0 Å². The Labute approximate surface area is 195 Å². The molecule has 1 heterocycles. The number of nitrogens with zero attached hydrogens (tertiary/aromatic N) is 1. The molecule has 0 amide bonds. The topological polar surface area (TPSA) is 32.7 Å². The lowest BCUT2D eigenvalue weighted by Crippen LogP contribution is -2.26. The molecular formula is C29H32FNO2. The largest absolute Gasteiger partial charge is 0.508 e. The lowest BCUT2D eigenvalue weighted by Gasteiger charge is -2.35. The van der Waals surface area contributed by atoms with E-state index in [4.69, 9.17) is 4.74 Å². The highest BCUT2D eigenvalue weighted by Gasteiger charge is 2.32. The number of likely N-dealkylation sites (tertiary alicyclic amines) is 1. The third kappa shape index (κ3) is 4.91. The molecule has 0 spiro atoms. The van der Waals surface area contributed by atoms with Gasteiger partial charge in [-0.05, 0) is 78.2 Å². The minimum absolute atomic E-state index is 0.196. The number of ether oxygens (including phenoxy) is 1. The van der Waals surface area contributed by atoms with Crippen molar-refractivity contribution >= 4 is 0 Å². The van der Waals surface area contributed by atoms with E-state index in [2.05, 4.69) is 65.6 Å². The Morgan fingerprint density at radius 3 is 2.52 bits per heavy atom. The van der Waals surface area contributed by atoms with Crippen molar-refractivity contribution < 1.29 is 14.2 Å². The second-order valence-electron chi connectivity index (χ2n) is 9.44. The molecule has 0 bridgehead atoms. The lowest BCUT2D eigenvalue weighted by atomic mass is 9.69. The average Bonchev–Trinajstić information content (AvgIpc) is 3.32. The summed E-state index contributed by atoms with van der Waals surface area (Å²) in [5, 5.41) is 10.0. The van der Waals surface area contributed by atoms with Crippen LogP contribution in [0.4, 0.5) is 4.39 Å². The van der Waals surface area contributed by atoms with E-state index in [1.54, 1.807) is 0 Å². The van der Waals surface area contributed by atoms with Gasteiger partial charge in [0.05, 0.1) is 6.67 Å². The SMILES string of the molecule is Oc1ccc2c(c1)CC[C@@H](c1ccccc1)[C@H]2c1ccc(OCCN2CCC(CF)C2)cc1. The van der Waals surface area contributed by atoms with E-state index in [1.165, 1.54) is 22.3 Å². The van der Waals surface area contributed by atoms with Gasteiger partial charge >= 0.3 is 0 Å². The van der Waals surface area contributed by atoms with Gasteiger partial charge < -0.3 is 9.84 Å². The van der Waals surface area contributed by atoms with E-state index >= 15 is 0 Å². The molecule has 1 aliphatic heterocycles. The molecule has 0 radical (unpaired) electrons. The van der Waals surface area contributed by atoms with Crippen LogP contribution in [-0.2, 0) is 6.42 Å². The zero-order valence-corrected chi connectivity index (χ0v) is 19.0. The Morgan fingerprint density at radius 1 is 0.939 bits per heavy atom. The summed E-state index contributed by atoms with van der Waals surface area (Å²) >= 11 is 0. The summed E-state index contributed by atoms with van der Waals surface area (Å²) in [6.45, 7) is 3.06. The van der Waals surface area contributed by atoms with E-state index in [0.717, 1.165) is 44.6 Å². The van der Waals surface area contributed by atoms with Crippen LogP contribution < -0.4 is 4.74 Å². The molecule has 0 aromatic heterocycles. The van der Waals surface area contributed by atoms with Crippen molar-refractivity contribution in [3.05, 3.63) is 95.1 Å². The summed E-state index contributed by atoms with van der Waals surface area (Å²) < 4.78 is 18.8. The van der Waals surface area contributed by atoms with Crippen molar-refractivity contribution in [3.63, 3.8) is 0 Å². The minimum Gasteiger partial charge on any atom is -0.508 e. The van der Waals surface area contributed by atoms with E-state index in [0.29, 0.717) is 18.3 Å². The molecule has 3 aromatic carbocycles. The minimum atomic E-state index is -0.216. The molecule has 4 heteroatoms. The number of benzene rings is 3. The summed E-state index contributed by atoms with van der Waals surface area (Å²) in [6, 6.07) is 25.1. The fourth-order valence-corrected chi connectivity index (χ4v) is 5.58. The van der Waals surface area contributed by atoms with E-state index in [-0.39, 0.29) is 18.5 Å². The summed E-state index contributed by atoms with van der Waals surface area (Å²) in [4.78, 5) is 2.29. The molecule has 2 aliphatic rings. The monoisotopic (exact) mass is 445 g/mol. The molecule has 3 atom stereocenters. The van der Waals surface area contributed by atoms with Crippen LogP contribution >= 0.6 is 0 Å². The third-order valence-electron chi connectivity index (χ3n) is 7.32. The smallest absolute Gasteiger partial charge is 0.119 e. The fraction of sp³-hybridized carbons (Fsp3) is 0.379. The quantitative estimate of drug-likeness (QED) is 0.490. The highest BCUT2D eigenvalue weighted by molar-refractivity contribution is 5.48. The molecular weight excluding hydrogens is 413 g/mol. The summed E-state index contributed by atoms with van der Waals surface area (Å²) in [5.41, 5.74) is 5.18. The number of halogens is 1. The Balaban J connectivity index is 1.32. The standard InChI is InChI=1S/C29H32FNO2/c30-19-21-14-15-31(20-21)16-17-33-26-10-6-23(7-11-26)29-27(22-4-2-1-3-5-22)12-8-24-18-25(32)9-13-28(24)29/h1-7,9-11,13,18,21,27,29,32H,8,12,14-17,19-20H2/t21?,27-,29+/m0/s1. The van der Waals surface area contributed by atoms with Gasteiger partial charge in [-0.15, -0.1) is 0 Å². The average molecular weight is 446 g/mol. The van der Waals surface area contributed by atoms with Crippen LogP contribution in [0.1, 0.15) is 46.9 Å². The summed E-state index contributed by atoms with van der Waals surface area (Å²) in [5.74, 6) is 2.05. The van der Waals surface area contributed by atoms with Crippen LogP contribution in [0, 0.1) is 5.92 Å². The predicted molar refractivity (Wildman–Crippen MR) is 130 cm³/mol. The van der Waals surface area contributed by atoms with Gasteiger partial charge in [0, 0.05) is 24.9 Å². The molecule has 1 aliphatic carbocycles. The third-order valence-corrected chi connectivity index (χ3v) is 7.32. The maximum Gasteiger partial charge on any atom is 0.119 e. The van der Waals surface area contributed by atoms with Crippen LogP contribution in [0.2, 0.25) is 0 Å². The van der Waals surface area contributed by atoms with Crippen molar-refractivity contribution in [1.29, 1.82) is 0 Å². The maximum absolute atomic E-state index is 12.8. The number of hydrogen-bond donors (Lipinski definition) is 1. The molecule has 33 heavy (non-hydrogen) atoms. The number of fused-ring (bicyclic) bond motifs is 1. The van der Waals surface area contributed by atoms with Crippen LogP contribution in [0.15, 0.2) is 72.8 Å². The summed E-state index contributed by atoms with van der Waals surface area (Å²) in [6.07, 6.45) is 2.98. The number of rotatable bonds is 7. The van der Waals surface area contributed by atoms with Crippen molar-refractivity contribution in [1.82, 2.24) is 4.90 Å². The molecule has 1 unspecified atom stereocenters. The van der Waals surface area contributed by atoms with Crippen molar-refractivity contribution in [3.8, 4) is 11.5 Å². The highest BCUT2D eigenvalue weighted by Crippen LogP contribution is 2.47. The number of hydrogen-bond acceptors (Lipinski definition) is 3. The fourth-order valence-electron chi connectivity index (χ4n) is 5.58. The zero-order chi connectivity index (χ0) is 22.6. The van der Waals surface area contributed by atoms with E-state index in [9.17, 15) is 9.50 Å². The van der Waals surface area contributed by atoms with Crippen LogP contribution in [0.5, 0.6) is 11.5 Å². The van der Waals surface area contributed by atoms with Crippen molar-refractivity contribution in [2.45, 2.75) is 31.1 Å². The van der Waals surface area contributed by atoms with Crippen molar-refractivity contribution in [2.24, 2.45) is 5.92 Å². The van der Waals surface area contributed by atoms with Gasteiger partial charge in [0.15, 0.2) is 0 Å². The predicted octanol–water partition coefficient (Wildman–Crippen LogP) is 5.92. The van der Waals surface area contributed by atoms with Gasteiger partial charge in [-0.25, -0.2) is 0 Å². The number of aromatic hydroxyl groups is 1. The first-order valence-electron chi connectivity index (χ1n) is 12.1. The van der Waals surface area contributed by atoms with Gasteiger partial charge in [0.25, 0.3) is 0 Å². The molecule has 1 saturated heterocycles. The molecule has 172 valence electrons. The number of alkyl halides is 1. The highest BCUT2D eigenvalue weighted by atomic mass is 19.1. The first-order valence-corrected chi connectivity index (χ1v) is 12.1. The molecule has 1 N–H and O–H groups in total. The first-order chi connectivity index (χ1) is 16.2. The first kappa shape index (κ1) is 22.0. The molecule has 1 fully saturated rings. The summed E-state index contributed by atoms with van der Waals surface area (Å²) in [7, 11) is 0. The van der Waals surface area contributed by atoms with Crippen LogP contribution in [0.25, 0.3) is 0 Å². The molecule has 5 rings (SSSR count).